The lowest BCUT2D eigenvalue weighted by molar-refractivity contribution is 0.102. The summed E-state index contributed by atoms with van der Waals surface area (Å²) in [5, 5.41) is 2.89. The molecule has 2 aromatic rings. The van der Waals surface area contributed by atoms with E-state index >= 15 is 0 Å². The van der Waals surface area contributed by atoms with E-state index in [9.17, 15) is 4.79 Å². The van der Waals surface area contributed by atoms with E-state index in [0.717, 1.165) is 14.8 Å². The number of fused-ring (bicyclic) bond motifs is 1. The van der Waals surface area contributed by atoms with Crippen molar-refractivity contribution in [3.05, 3.63) is 62.7 Å². The first kappa shape index (κ1) is 12.6. The fraction of sp³-hybridized carbons (Fsp3) is 0.133. The number of hydrogen-bond acceptors (Lipinski definition) is 2. The van der Waals surface area contributed by atoms with Crippen molar-refractivity contribution in [2.75, 3.05) is 5.32 Å². The number of carbonyl (C=O) groups is 1. The third kappa shape index (κ3) is 2.79. The molecule has 0 saturated carbocycles. The van der Waals surface area contributed by atoms with Crippen molar-refractivity contribution in [2.45, 2.75) is 13.2 Å². The first-order valence-electron chi connectivity index (χ1n) is 5.99. The highest BCUT2D eigenvalue weighted by Gasteiger charge is 2.14. The highest BCUT2D eigenvalue weighted by molar-refractivity contribution is 14.1. The van der Waals surface area contributed by atoms with Gasteiger partial charge in [-0.2, -0.15) is 0 Å². The Kier molecular flexibility index (Phi) is 3.52. The van der Waals surface area contributed by atoms with E-state index in [4.69, 9.17) is 4.74 Å². The SMILES string of the molecule is O=C(Nc1ccc(I)cc1)c1ccc2c(c1)COC2. The Labute approximate surface area is 125 Å². The number of rotatable bonds is 2. The van der Waals surface area contributed by atoms with Gasteiger partial charge in [0.15, 0.2) is 0 Å². The Balaban J connectivity index is 1.78. The molecule has 1 aliphatic heterocycles. The number of amides is 1. The fourth-order valence-electron chi connectivity index (χ4n) is 2.05. The molecule has 19 heavy (non-hydrogen) atoms. The summed E-state index contributed by atoms with van der Waals surface area (Å²) in [6, 6.07) is 13.4. The van der Waals surface area contributed by atoms with Crippen LogP contribution in [-0.4, -0.2) is 5.91 Å². The van der Waals surface area contributed by atoms with Crippen LogP contribution >= 0.6 is 22.6 Å². The van der Waals surface area contributed by atoms with Crippen molar-refractivity contribution in [3.63, 3.8) is 0 Å². The second-order valence-electron chi connectivity index (χ2n) is 4.44. The molecule has 1 aliphatic rings. The van der Waals surface area contributed by atoms with Crippen molar-refractivity contribution in [2.24, 2.45) is 0 Å². The monoisotopic (exact) mass is 365 g/mol. The highest BCUT2D eigenvalue weighted by Crippen LogP contribution is 2.21. The van der Waals surface area contributed by atoms with Gasteiger partial charge in [-0.15, -0.1) is 0 Å². The molecule has 0 atom stereocenters. The average Bonchev–Trinajstić information content (AvgIpc) is 2.88. The first-order chi connectivity index (χ1) is 9.22. The van der Waals surface area contributed by atoms with E-state index in [0.29, 0.717) is 18.8 Å². The topological polar surface area (TPSA) is 38.3 Å². The lowest BCUT2D eigenvalue weighted by atomic mass is 10.1. The second-order valence-corrected chi connectivity index (χ2v) is 5.68. The first-order valence-corrected chi connectivity index (χ1v) is 7.07. The molecule has 4 heteroatoms. The molecule has 0 aliphatic carbocycles. The van der Waals surface area contributed by atoms with Gasteiger partial charge in [0.2, 0.25) is 0 Å². The van der Waals surface area contributed by atoms with Crippen LogP contribution in [0.15, 0.2) is 42.5 Å². The Hall–Kier alpha value is -1.40. The zero-order valence-corrected chi connectivity index (χ0v) is 12.3. The van der Waals surface area contributed by atoms with E-state index < -0.39 is 0 Å². The molecule has 1 heterocycles. The van der Waals surface area contributed by atoms with Crippen LogP contribution in [0.25, 0.3) is 0 Å². The number of halogens is 1. The minimum atomic E-state index is -0.0871. The minimum Gasteiger partial charge on any atom is -0.372 e. The van der Waals surface area contributed by atoms with Gasteiger partial charge in [-0.1, -0.05) is 6.07 Å². The molecule has 3 rings (SSSR count). The van der Waals surface area contributed by atoms with E-state index in [1.54, 1.807) is 0 Å². The van der Waals surface area contributed by atoms with Crippen LogP contribution in [0.1, 0.15) is 21.5 Å². The Morgan fingerprint density at radius 3 is 2.58 bits per heavy atom. The van der Waals surface area contributed by atoms with Gasteiger partial charge in [0.05, 0.1) is 13.2 Å². The van der Waals surface area contributed by atoms with Gasteiger partial charge in [0, 0.05) is 14.8 Å². The summed E-state index contributed by atoms with van der Waals surface area (Å²) in [7, 11) is 0. The van der Waals surface area contributed by atoms with E-state index in [2.05, 4.69) is 27.9 Å². The number of ether oxygens (including phenoxy) is 1. The molecule has 96 valence electrons. The number of nitrogens with one attached hydrogen (secondary N) is 1. The van der Waals surface area contributed by atoms with Gasteiger partial charge in [0.1, 0.15) is 0 Å². The molecule has 0 unspecified atom stereocenters. The van der Waals surface area contributed by atoms with Gasteiger partial charge in [-0.3, -0.25) is 4.79 Å². The van der Waals surface area contributed by atoms with Gasteiger partial charge in [0.25, 0.3) is 5.91 Å². The maximum atomic E-state index is 12.1. The van der Waals surface area contributed by atoms with Crippen molar-refractivity contribution in [1.29, 1.82) is 0 Å². The number of anilines is 1. The number of hydrogen-bond donors (Lipinski definition) is 1. The smallest absolute Gasteiger partial charge is 0.255 e. The predicted octanol–water partition coefficient (Wildman–Crippen LogP) is 3.57. The van der Waals surface area contributed by atoms with Gasteiger partial charge in [-0.25, -0.2) is 0 Å². The second kappa shape index (κ2) is 5.30. The molecular formula is C15H12INO2. The summed E-state index contributed by atoms with van der Waals surface area (Å²) in [6.45, 7) is 1.24. The summed E-state index contributed by atoms with van der Waals surface area (Å²) in [5.41, 5.74) is 3.76. The largest absolute Gasteiger partial charge is 0.372 e. The maximum Gasteiger partial charge on any atom is 0.255 e. The predicted molar refractivity (Wildman–Crippen MR) is 82.0 cm³/mol. The van der Waals surface area contributed by atoms with Crippen LogP contribution in [0, 0.1) is 3.57 Å². The van der Waals surface area contributed by atoms with Crippen molar-refractivity contribution in [1.82, 2.24) is 0 Å². The standard InChI is InChI=1S/C15H12INO2/c16-13-3-5-14(6-4-13)17-15(18)10-1-2-11-8-19-9-12(11)7-10/h1-7H,8-9H2,(H,17,18). The van der Waals surface area contributed by atoms with Crippen molar-refractivity contribution >= 4 is 34.2 Å². The molecule has 0 radical (unpaired) electrons. The average molecular weight is 365 g/mol. The van der Waals surface area contributed by atoms with Crippen LogP contribution in [0.2, 0.25) is 0 Å². The Bertz CT molecular complexity index is 623. The third-order valence-electron chi connectivity index (χ3n) is 3.09. The number of benzene rings is 2. The lowest BCUT2D eigenvalue weighted by Gasteiger charge is -2.06. The summed E-state index contributed by atoms with van der Waals surface area (Å²) in [4.78, 5) is 12.1. The maximum absolute atomic E-state index is 12.1. The summed E-state index contributed by atoms with van der Waals surface area (Å²) in [5.74, 6) is -0.0871. The molecule has 0 bridgehead atoms. The van der Waals surface area contributed by atoms with Crippen LogP contribution in [0.5, 0.6) is 0 Å². The number of carbonyl (C=O) groups excluding carboxylic acids is 1. The van der Waals surface area contributed by atoms with Crippen LogP contribution in [0.4, 0.5) is 5.69 Å². The zero-order chi connectivity index (χ0) is 13.2. The molecule has 0 fully saturated rings. The molecule has 0 aromatic heterocycles. The van der Waals surface area contributed by atoms with E-state index in [-0.39, 0.29) is 5.91 Å². The van der Waals surface area contributed by atoms with Crippen molar-refractivity contribution in [3.8, 4) is 0 Å². The fourth-order valence-corrected chi connectivity index (χ4v) is 2.41. The third-order valence-corrected chi connectivity index (χ3v) is 3.80. The van der Waals surface area contributed by atoms with E-state index in [1.165, 1.54) is 5.56 Å². The van der Waals surface area contributed by atoms with Crippen LogP contribution < -0.4 is 5.32 Å². The van der Waals surface area contributed by atoms with E-state index in [1.807, 2.05) is 42.5 Å². The molecule has 3 nitrogen and oxygen atoms in total. The van der Waals surface area contributed by atoms with Crippen LogP contribution in [-0.2, 0) is 18.0 Å². The zero-order valence-electron chi connectivity index (χ0n) is 10.2. The molecule has 1 N–H and O–H groups in total. The summed E-state index contributed by atoms with van der Waals surface area (Å²) >= 11 is 2.23. The lowest BCUT2D eigenvalue weighted by Crippen LogP contribution is -2.12. The minimum absolute atomic E-state index is 0.0871. The van der Waals surface area contributed by atoms with Crippen LogP contribution in [0.3, 0.4) is 0 Å². The van der Waals surface area contributed by atoms with Gasteiger partial charge >= 0.3 is 0 Å². The molecular weight excluding hydrogens is 353 g/mol. The Morgan fingerprint density at radius 2 is 1.79 bits per heavy atom. The van der Waals surface area contributed by atoms with Gasteiger partial charge < -0.3 is 10.1 Å². The summed E-state index contributed by atoms with van der Waals surface area (Å²) < 4.78 is 6.49. The quantitative estimate of drug-likeness (QED) is 0.827. The van der Waals surface area contributed by atoms with Gasteiger partial charge in [-0.05, 0) is 70.1 Å². The molecule has 0 spiro atoms. The normalized spacial score (nSPS) is 13.1. The summed E-state index contributed by atoms with van der Waals surface area (Å²) in [6.07, 6.45) is 0. The molecule has 0 saturated heterocycles. The Morgan fingerprint density at radius 1 is 1.05 bits per heavy atom. The van der Waals surface area contributed by atoms with Crippen molar-refractivity contribution < 1.29 is 9.53 Å². The molecule has 1 amide bonds. The highest BCUT2D eigenvalue weighted by atomic mass is 127. The molecule has 2 aromatic carbocycles.